The van der Waals surface area contributed by atoms with E-state index in [9.17, 15) is 4.79 Å². The van der Waals surface area contributed by atoms with Gasteiger partial charge in [-0.3, -0.25) is 4.98 Å². The fraction of sp³-hybridized carbons (Fsp3) is 0.500. The van der Waals surface area contributed by atoms with Crippen LogP contribution in [0.15, 0.2) is 6.07 Å². The number of carbonyl (C=O) groups is 1. The summed E-state index contributed by atoms with van der Waals surface area (Å²) < 4.78 is 4.94. The predicted molar refractivity (Wildman–Crippen MR) is 65.7 cm³/mol. The van der Waals surface area contributed by atoms with Crippen molar-refractivity contribution in [1.82, 2.24) is 4.98 Å². The lowest BCUT2D eigenvalue weighted by atomic mass is 10.1. The number of methoxy groups -OCH3 is 1. The summed E-state index contributed by atoms with van der Waals surface area (Å²) >= 11 is 0. The summed E-state index contributed by atoms with van der Waals surface area (Å²) in [7, 11) is 1.64. The second kappa shape index (κ2) is 6.20. The molecule has 0 saturated heterocycles. The molecule has 1 heterocycles. The summed E-state index contributed by atoms with van der Waals surface area (Å²) in [6.45, 7) is 4.88. The van der Waals surface area contributed by atoms with Crippen LogP contribution in [0.2, 0.25) is 0 Å². The maximum Gasteiger partial charge on any atom is 0.339 e. The lowest BCUT2D eigenvalue weighted by molar-refractivity contribution is 0.0696. The van der Waals surface area contributed by atoms with E-state index in [-0.39, 0.29) is 5.56 Å². The SMILES string of the molecule is COCCCNc1cc(C)nc(C)c1C(=O)O. The standard InChI is InChI=1S/C12H18N2O3/c1-8-7-10(13-5-4-6-17-3)11(12(15)16)9(2)14-8/h7H,4-6H2,1-3H3,(H,13,14)(H,15,16). The van der Waals surface area contributed by atoms with Crippen molar-refractivity contribution in [1.29, 1.82) is 0 Å². The zero-order chi connectivity index (χ0) is 12.8. The molecule has 0 saturated carbocycles. The molecule has 0 bridgehead atoms. The van der Waals surface area contributed by atoms with Crippen molar-refractivity contribution in [2.75, 3.05) is 25.6 Å². The predicted octanol–water partition coefficient (Wildman–Crippen LogP) is 1.85. The molecule has 0 amide bonds. The lowest BCUT2D eigenvalue weighted by Gasteiger charge is -2.12. The highest BCUT2D eigenvalue weighted by Crippen LogP contribution is 2.19. The van der Waals surface area contributed by atoms with Gasteiger partial charge in [0.05, 0.1) is 11.4 Å². The first-order valence-electron chi connectivity index (χ1n) is 5.50. The molecule has 0 aliphatic heterocycles. The summed E-state index contributed by atoms with van der Waals surface area (Å²) in [4.78, 5) is 15.3. The van der Waals surface area contributed by atoms with E-state index in [1.54, 1.807) is 20.1 Å². The van der Waals surface area contributed by atoms with E-state index in [1.165, 1.54) is 0 Å². The molecule has 0 aliphatic rings. The third kappa shape index (κ3) is 3.71. The number of aromatic nitrogens is 1. The highest BCUT2D eigenvalue weighted by molar-refractivity contribution is 5.95. The van der Waals surface area contributed by atoms with Gasteiger partial charge < -0.3 is 15.2 Å². The van der Waals surface area contributed by atoms with E-state index >= 15 is 0 Å². The Morgan fingerprint density at radius 2 is 2.24 bits per heavy atom. The Balaban J connectivity index is 2.85. The molecule has 1 aromatic rings. The number of nitrogens with one attached hydrogen (secondary N) is 1. The van der Waals surface area contributed by atoms with Gasteiger partial charge in [-0.25, -0.2) is 4.79 Å². The van der Waals surface area contributed by atoms with E-state index in [0.29, 0.717) is 24.5 Å². The van der Waals surface area contributed by atoms with Crippen molar-refractivity contribution in [2.24, 2.45) is 0 Å². The second-order valence-electron chi connectivity index (χ2n) is 3.85. The van der Waals surface area contributed by atoms with E-state index in [1.807, 2.05) is 6.92 Å². The van der Waals surface area contributed by atoms with Crippen LogP contribution in [0.25, 0.3) is 0 Å². The summed E-state index contributed by atoms with van der Waals surface area (Å²) in [5, 5.41) is 12.2. The van der Waals surface area contributed by atoms with Crippen LogP contribution in [0, 0.1) is 13.8 Å². The first kappa shape index (κ1) is 13.4. The van der Waals surface area contributed by atoms with Gasteiger partial charge in [0.25, 0.3) is 0 Å². The largest absolute Gasteiger partial charge is 0.478 e. The average Bonchev–Trinajstić information content (AvgIpc) is 2.22. The number of aromatic carboxylic acids is 1. The Bertz CT molecular complexity index is 405. The fourth-order valence-electron chi connectivity index (χ4n) is 1.68. The van der Waals surface area contributed by atoms with Crippen LogP contribution in [-0.4, -0.2) is 36.3 Å². The minimum Gasteiger partial charge on any atom is -0.478 e. The van der Waals surface area contributed by atoms with E-state index in [2.05, 4.69) is 10.3 Å². The maximum atomic E-state index is 11.1. The Kier molecular flexibility index (Phi) is 4.90. The van der Waals surface area contributed by atoms with Crippen LogP contribution >= 0.6 is 0 Å². The van der Waals surface area contributed by atoms with Gasteiger partial charge in [0, 0.05) is 26.0 Å². The molecule has 5 nitrogen and oxygen atoms in total. The lowest BCUT2D eigenvalue weighted by Crippen LogP contribution is -2.12. The van der Waals surface area contributed by atoms with Crippen LogP contribution < -0.4 is 5.32 Å². The minimum absolute atomic E-state index is 0.244. The monoisotopic (exact) mass is 238 g/mol. The molecule has 0 unspecified atom stereocenters. The molecule has 17 heavy (non-hydrogen) atoms. The van der Waals surface area contributed by atoms with Crippen molar-refractivity contribution in [3.8, 4) is 0 Å². The molecule has 0 aromatic carbocycles. The Morgan fingerprint density at radius 1 is 1.53 bits per heavy atom. The van der Waals surface area contributed by atoms with E-state index in [4.69, 9.17) is 9.84 Å². The molecule has 0 fully saturated rings. The molecule has 0 aliphatic carbocycles. The molecule has 5 heteroatoms. The van der Waals surface area contributed by atoms with Crippen LogP contribution in [0.3, 0.4) is 0 Å². The van der Waals surface area contributed by atoms with Gasteiger partial charge in [0.1, 0.15) is 5.56 Å². The molecule has 0 radical (unpaired) electrons. The third-order valence-corrected chi connectivity index (χ3v) is 2.38. The molecule has 94 valence electrons. The van der Waals surface area contributed by atoms with Crippen molar-refractivity contribution in [2.45, 2.75) is 20.3 Å². The van der Waals surface area contributed by atoms with Crippen LogP contribution in [0.5, 0.6) is 0 Å². The number of rotatable bonds is 6. The van der Waals surface area contributed by atoms with Gasteiger partial charge in [0.2, 0.25) is 0 Å². The zero-order valence-electron chi connectivity index (χ0n) is 10.4. The number of carboxylic acid groups (broad SMARTS) is 1. The van der Waals surface area contributed by atoms with E-state index < -0.39 is 5.97 Å². The van der Waals surface area contributed by atoms with Crippen molar-refractivity contribution in [3.63, 3.8) is 0 Å². The molecule has 1 rings (SSSR count). The quantitative estimate of drug-likeness (QED) is 0.740. The first-order valence-corrected chi connectivity index (χ1v) is 5.50. The Morgan fingerprint density at radius 3 is 2.82 bits per heavy atom. The number of aryl methyl sites for hydroxylation is 2. The molecule has 0 spiro atoms. The van der Waals surface area contributed by atoms with Crippen LogP contribution in [-0.2, 0) is 4.74 Å². The van der Waals surface area contributed by atoms with Gasteiger partial charge in [0.15, 0.2) is 0 Å². The number of ether oxygens (including phenoxy) is 1. The summed E-state index contributed by atoms with van der Waals surface area (Å²) in [6.07, 6.45) is 0.829. The number of anilines is 1. The summed E-state index contributed by atoms with van der Waals surface area (Å²) in [5.41, 5.74) is 2.21. The smallest absolute Gasteiger partial charge is 0.339 e. The maximum absolute atomic E-state index is 11.1. The highest BCUT2D eigenvalue weighted by Gasteiger charge is 2.14. The number of nitrogens with zero attached hydrogens (tertiary/aromatic N) is 1. The highest BCUT2D eigenvalue weighted by atomic mass is 16.5. The molecule has 1 aromatic heterocycles. The van der Waals surface area contributed by atoms with Gasteiger partial charge in [-0.05, 0) is 26.3 Å². The summed E-state index contributed by atoms with van der Waals surface area (Å²) in [6, 6.07) is 1.75. The number of pyridine rings is 1. The number of hydrogen-bond donors (Lipinski definition) is 2. The molecule has 2 N–H and O–H groups in total. The minimum atomic E-state index is -0.954. The second-order valence-corrected chi connectivity index (χ2v) is 3.85. The molecular formula is C12H18N2O3. The van der Waals surface area contributed by atoms with Gasteiger partial charge in [-0.15, -0.1) is 0 Å². The number of carboxylic acids is 1. The Labute approximate surface area is 101 Å². The van der Waals surface area contributed by atoms with Gasteiger partial charge in [-0.2, -0.15) is 0 Å². The van der Waals surface area contributed by atoms with Crippen LogP contribution in [0.1, 0.15) is 28.2 Å². The fourth-order valence-corrected chi connectivity index (χ4v) is 1.68. The van der Waals surface area contributed by atoms with Gasteiger partial charge in [-0.1, -0.05) is 0 Å². The Hall–Kier alpha value is -1.62. The topological polar surface area (TPSA) is 71.5 Å². The van der Waals surface area contributed by atoms with Crippen molar-refractivity contribution < 1.29 is 14.6 Å². The van der Waals surface area contributed by atoms with Crippen molar-refractivity contribution in [3.05, 3.63) is 23.0 Å². The average molecular weight is 238 g/mol. The number of hydrogen-bond acceptors (Lipinski definition) is 4. The summed E-state index contributed by atoms with van der Waals surface area (Å²) in [5.74, 6) is -0.954. The van der Waals surface area contributed by atoms with E-state index in [0.717, 1.165) is 12.1 Å². The zero-order valence-corrected chi connectivity index (χ0v) is 10.4. The van der Waals surface area contributed by atoms with Gasteiger partial charge >= 0.3 is 5.97 Å². The third-order valence-electron chi connectivity index (χ3n) is 2.38. The van der Waals surface area contributed by atoms with Crippen molar-refractivity contribution >= 4 is 11.7 Å². The normalized spacial score (nSPS) is 10.3. The first-order chi connectivity index (χ1) is 8.06. The molecule has 0 atom stereocenters. The molecular weight excluding hydrogens is 220 g/mol. The van der Waals surface area contributed by atoms with Crippen LogP contribution in [0.4, 0.5) is 5.69 Å².